The number of likely N-dealkylation sites (N-methyl/N-ethyl adjacent to an activating group) is 1. The van der Waals surface area contributed by atoms with E-state index < -0.39 is 0 Å². The van der Waals surface area contributed by atoms with Crippen molar-refractivity contribution in [3.8, 4) is 0 Å². The van der Waals surface area contributed by atoms with Gasteiger partial charge in [0.05, 0.1) is 6.61 Å². The molecular formula is C13H30N2O. The molecule has 0 bridgehead atoms. The molecule has 0 aliphatic heterocycles. The van der Waals surface area contributed by atoms with Gasteiger partial charge in [0.2, 0.25) is 0 Å². The van der Waals surface area contributed by atoms with Crippen molar-refractivity contribution in [2.45, 2.75) is 52.6 Å². The number of hydrogen-bond acceptors (Lipinski definition) is 3. The number of nitrogens with zero attached hydrogens (tertiary/aromatic N) is 1. The highest BCUT2D eigenvalue weighted by atomic mass is 16.5. The SMILES string of the molecule is CCCC(CNC(C)C)N(C)CCOCC. The summed E-state index contributed by atoms with van der Waals surface area (Å²) in [4.78, 5) is 2.41. The van der Waals surface area contributed by atoms with Crippen LogP contribution in [0.4, 0.5) is 0 Å². The highest BCUT2D eigenvalue weighted by Gasteiger charge is 2.13. The molecule has 16 heavy (non-hydrogen) atoms. The van der Waals surface area contributed by atoms with E-state index in [1.165, 1.54) is 12.8 Å². The highest BCUT2D eigenvalue weighted by molar-refractivity contribution is 4.72. The topological polar surface area (TPSA) is 24.5 Å². The Hall–Kier alpha value is -0.120. The molecule has 1 atom stereocenters. The fraction of sp³-hybridized carbons (Fsp3) is 1.00. The molecule has 0 radical (unpaired) electrons. The lowest BCUT2D eigenvalue weighted by Gasteiger charge is -2.28. The first kappa shape index (κ1) is 15.9. The normalized spacial score (nSPS) is 13.7. The van der Waals surface area contributed by atoms with Crippen LogP contribution in [0, 0.1) is 0 Å². The molecule has 0 fully saturated rings. The Labute approximate surface area is 102 Å². The van der Waals surface area contributed by atoms with Crippen molar-refractivity contribution in [1.29, 1.82) is 0 Å². The van der Waals surface area contributed by atoms with Gasteiger partial charge in [-0.15, -0.1) is 0 Å². The van der Waals surface area contributed by atoms with Crippen molar-refractivity contribution in [2.24, 2.45) is 0 Å². The molecular weight excluding hydrogens is 200 g/mol. The van der Waals surface area contributed by atoms with Crippen molar-refractivity contribution in [3.05, 3.63) is 0 Å². The Morgan fingerprint density at radius 1 is 1.25 bits per heavy atom. The van der Waals surface area contributed by atoms with Gasteiger partial charge in [0, 0.05) is 31.8 Å². The van der Waals surface area contributed by atoms with Crippen molar-refractivity contribution >= 4 is 0 Å². The van der Waals surface area contributed by atoms with Gasteiger partial charge in [-0.1, -0.05) is 27.2 Å². The summed E-state index contributed by atoms with van der Waals surface area (Å²) in [5.41, 5.74) is 0. The summed E-state index contributed by atoms with van der Waals surface area (Å²) >= 11 is 0. The Kier molecular flexibility index (Phi) is 9.99. The summed E-state index contributed by atoms with van der Waals surface area (Å²) in [5, 5.41) is 3.52. The third-order valence-corrected chi connectivity index (χ3v) is 2.80. The predicted octanol–water partition coefficient (Wildman–Crippen LogP) is 2.12. The van der Waals surface area contributed by atoms with Crippen LogP contribution in [0.2, 0.25) is 0 Å². The van der Waals surface area contributed by atoms with E-state index in [1.807, 2.05) is 6.92 Å². The molecule has 0 spiro atoms. The van der Waals surface area contributed by atoms with Crippen LogP contribution in [0.3, 0.4) is 0 Å². The molecule has 0 saturated heterocycles. The summed E-state index contributed by atoms with van der Waals surface area (Å²) in [6.45, 7) is 12.5. The van der Waals surface area contributed by atoms with Crippen LogP contribution in [0.5, 0.6) is 0 Å². The van der Waals surface area contributed by atoms with E-state index in [1.54, 1.807) is 0 Å². The van der Waals surface area contributed by atoms with E-state index in [0.29, 0.717) is 12.1 Å². The first-order valence-corrected chi connectivity index (χ1v) is 6.63. The maximum absolute atomic E-state index is 5.40. The number of rotatable bonds is 10. The Bertz CT molecular complexity index is 151. The van der Waals surface area contributed by atoms with Gasteiger partial charge in [-0.05, 0) is 20.4 Å². The molecule has 0 aliphatic rings. The Morgan fingerprint density at radius 3 is 2.44 bits per heavy atom. The second-order valence-corrected chi connectivity index (χ2v) is 4.68. The molecule has 0 aromatic heterocycles. The molecule has 1 N–H and O–H groups in total. The van der Waals surface area contributed by atoms with Crippen molar-refractivity contribution in [2.75, 3.05) is 33.4 Å². The Morgan fingerprint density at radius 2 is 1.94 bits per heavy atom. The minimum Gasteiger partial charge on any atom is -0.380 e. The van der Waals surface area contributed by atoms with Gasteiger partial charge < -0.3 is 10.1 Å². The summed E-state index contributed by atoms with van der Waals surface area (Å²) in [6.07, 6.45) is 2.49. The average Bonchev–Trinajstić information content (AvgIpc) is 2.24. The maximum Gasteiger partial charge on any atom is 0.0593 e. The van der Waals surface area contributed by atoms with Crippen LogP contribution >= 0.6 is 0 Å². The minimum atomic E-state index is 0.569. The molecule has 0 saturated carbocycles. The van der Waals surface area contributed by atoms with E-state index in [2.05, 4.69) is 38.0 Å². The van der Waals surface area contributed by atoms with Crippen LogP contribution in [0.15, 0.2) is 0 Å². The third kappa shape index (κ3) is 8.08. The number of hydrogen-bond donors (Lipinski definition) is 1. The predicted molar refractivity (Wildman–Crippen MR) is 71.0 cm³/mol. The summed E-state index contributed by atoms with van der Waals surface area (Å²) in [6, 6.07) is 1.20. The number of nitrogens with one attached hydrogen (secondary N) is 1. The highest BCUT2D eigenvalue weighted by Crippen LogP contribution is 2.04. The molecule has 3 heteroatoms. The molecule has 0 amide bonds. The van der Waals surface area contributed by atoms with E-state index in [-0.39, 0.29) is 0 Å². The van der Waals surface area contributed by atoms with Crippen LogP contribution < -0.4 is 5.32 Å². The zero-order chi connectivity index (χ0) is 12.4. The van der Waals surface area contributed by atoms with Crippen LogP contribution in [-0.4, -0.2) is 50.3 Å². The van der Waals surface area contributed by atoms with E-state index in [0.717, 1.165) is 26.3 Å². The van der Waals surface area contributed by atoms with Gasteiger partial charge in [-0.3, -0.25) is 4.90 Å². The van der Waals surface area contributed by atoms with Crippen LogP contribution in [0.1, 0.15) is 40.5 Å². The second kappa shape index (κ2) is 10.1. The maximum atomic E-state index is 5.40. The zero-order valence-corrected chi connectivity index (χ0v) is 11.8. The van der Waals surface area contributed by atoms with E-state index >= 15 is 0 Å². The summed E-state index contributed by atoms with van der Waals surface area (Å²) < 4.78 is 5.40. The monoisotopic (exact) mass is 230 g/mol. The van der Waals surface area contributed by atoms with E-state index in [9.17, 15) is 0 Å². The fourth-order valence-corrected chi connectivity index (χ4v) is 1.72. The van der Waals surface area contributed by atoms with Gasteiger partial charge in [0.25, 0.3) is 0 Å². The lowest BCUT2D eigenvalue weighted by Crippen LogP contribution is -2.43. The van der Waals surface area contributed by atoms with Gasteiger partial charge in [-0.25, -0.2) is 0 Å². The van der Waals surface area contributed by atoms with E-state index in [4.69, 9.17) is 4.74 Å². The number of ether oxygens (including phenoxy) is 1. The van der Waals surface area contributed by atoms with Gasteiger partial charge in [0.1, 0.15) is 0 Å². The first-order chi connectivity index (χ1) is 7.61. The van der Waals surface area contributed by atoms with Crippen molar-refractivity contribution in [3.63, 3.8) is 0 Å². The van der Waals surface area contributed by atoms with Gasteiger partial charge in [0.15, 0.2) is 0 Å². The lowest BCUT2D eigenvalue weighted by atomic mass is 10.1. The largest absolute Gasteiger partial charge is 0.380 e. The molecule has 1 unspecified atom stereocenters. The van der Waals surface area contributed by atoms with Crippen LogP contribution in [0.25, 0.3) is 0 Å². The third-order valence-electron chi connectivity index (χ3n) is 2.80. The quantitative estimate of drug-likeness (QED) is 0.582. The summed E-state index contributed by atoms with van der Waals surface area (Å²) in [5.74, 6) is 0. The minimum absolute atomic E-state index is 0.569. The average molecular weight is 230 g/mol. The zero-order valence-electron chi connectivity index (χ0n) is 11.8. The molecule has 0 aromatic rings. The standard InChI is InChI=1S/C13H30N2O/c1-6-8-13(11-14-12(3)4)15(5)9-10-16-7-2/h12-14H,6-11H2,1-5H3. The van der Waals surface area contributed by atoms with Gasteiger partial charge in [-0.2, -0.15) is 0 Å². The smallest absolute Gasteiger partial charge is 0.0593 e. The first-order valence-electron chi connectivity index (χ1n) is 6.63. The molecule has 0 aliphatic carbocycles. The van der Waals surface area contributed by atoms with Crippen molar-refractivity contribution < 1.29 is 4.74 Å². The fourth-order valence-electron chi connectivity index (χ4n) is 1.72. The van der Waals surface area contributed by atoms with Gasteiger partial charge >= 0.3 is 0 Å². The van der Waals surface area contributed by atoms with Crippen molar-refractivity contribution in [1.82, 2.24) is 10.2 Å². The molecule has 3 nitrogen and oxygen atoms in total. The Balaban J connectivity index is 3.87. The second-order valence-electron chi connectivity index (χ2n) is 4.68. The molecule has 0 rings (SSSR count). The molecule has 0 heterocycles. The van der Waals surface area contributed by atoms with Crippen LogP contribution in [-0.2, 0) is 4.74 Å². The molecule has 98 valence electrons. The lowest BCUT2D eigenvalue weighted by molar-refractivity contribution is 0.104. The summed E-state index contributed by atoms with van der Waals surface area (Å²) in [7, 11) is 2.20. The molecule has 0 aromatic carbocycles.